The first kappa shape index (κ1) is 23.4. The van der Waals surface area contributed by atoms with Gasteiger partial charge in [-0.25, -0.2) is 0 Å². The van der Waals surface area contributed by atoms with Crippen LogP contribution in [0.2, 0.25) is 0 Å². The topological polar surface area (TPSA) is 81.4 Å². The third-order valence-electron chi connectivity index (χ3n) is 6.24. The molecule has 2 rings (SSSR count). The zero-order chi connectivity index (χ0) is 21.3. The van der Waals surface area contributed by atoms with Gasteiger partial charge in [0, 0.05) is 24.9 Å². The van der Waals surface area contributed by atoms with E-state index in [4.69, 9.17) is 9.26 Å². The quantitative estimate of drug-likeness (QED) is 0.370. The van der Waals surface area contributed by atoms with Crippen molar-refractivity contribution in [3.63, 3.8) is 0 Å². The van der Waals surface area contributed by atoms with Crippen LogP contribution < -0.4 is 5.32 Å². The highest BCUT2D eigenvalue weighted by molar-refractivity contribution is 5.76. The highest BCUT2D eigenvalue weighted by atomic mass is 16.5. The maximum absolute atomic E-state index is 12.1. The van der Waals surface area contributed by atoms with Crippen molar-refractivity contribution in [2.45, 2.75) is 105 Å². The van der Waals surface area contributed by atoms with Gasteiger partial charge in [0.2, 0.25) is 5.91 Å². The van der Waals surface area contributed by atoms with Crippen molar-refractivity contribution in [2.75, 3.05) is 0 Å². The fraction of sp³-hybridized carbons (Fsp3) is 0.783. The number of amides is 1. The minimum Gasteiger partial charge on any atom is -0.457 e. The lowest BCUT2D eigenvalue weighted by Gasteiger charge is -2.52. The van der Waals surface area contributed by atoms with Gasteiger partial charge in [0.05, 0.1) is 5.69 Å². The van der Waals surface area contributed by atoms with E-state index in [1.165, 1.54) is 0 Å². The van der Waals surface area contributed by atoms with Gasteiger partial charge in [-0.3, -0.25) is 9.59 Å². The number of carbonyl (C=O) groups excluding carboxylic acids is 2. The molecule has 1 N–H and O–H groups in total. The van der Waals surface area contributed by atoms with Gasteiger partial charge in [-0.15, -0.1) is 0 Å². The molecule has 0 aliphatic heterocycles. The largest absolute Gasteiger partial charge is 0.457 e. The normalized spacial score (nSPS) is 20.1. The van der Waals surface area contributed by atoms with Crippen molar-refractivity contribution in [3.05, 3.63) is 17.5 Å². The summed E-state index contributed by atoms with van der Waals surface area (Å²) in [4.78, 5) is 23.8. The molecule has 1 aromatic rings. The number of nitrogens with zero attached hydrogens (tertiary/aromatic N) is 1. The molecule has 0 bridgehead atoms. The molecule has 0 aromatic carbocycles. The van der Waals surface area contributed by atoms with Crippen LogP contribution in [-0.4, -0.2) is 23.1 Å². The molecule has 1 fully saturated rings. The Morgan fingerprint density at radius 1 is 1.17 bits per heavy atom. The summed E-state index contributed by atoms with van der Waals surface area (Å²) in [6.45, 7) is 8.80. The van der Waals surface area contributed by atoms with Gasteiger partial charge in [-0.05, 0) is 37.0 Å². The molecule has 2 unspecified atom stereocenters. The third kappa shape index (κ3) is 7.16. The molecule has 1 aliphatic carbocycles. The van der Waals surface area contributed by atoms with Crippen LogP contribution in [0.5, 0.6) is 0 Å². The van der Waals surface area contributed by atoms with Crippen LogP contribution in [-0.2, 0) is 27.4 Å². The van der Waals surface area contributed by atoms with Crippen molar-refractivity contribution >= 4 is 11.9 Å². The van der Waals surface area contributed by atoms with E-state index in [0.717, 1.165) is 57.1 Å². The van der Waals surface area contributed by atoms with E-state index < -0.39 is 0 Å². The molecule has 0 spiro atoms. The summed E-state index contributed by atoms with van der Waals surface area (Å²) in [5.74, 6) is 1.01. The van der Waals surface area contributed by atoms with Crippen LogP contribution in [0.1, 0.15) is 96.9 Å². The second-order valence-electron chi connectivity index (χ2n) is 8.94. The monoisotopic (exact) mass is 406 g/mol. The summed E-state index contributed by atoms with van der Waals surface area (Å²) in [5.41, 5.74) is 0.915. The molecule has 0 saturated heterocycles. The van der Waals surface area contributed by atoms with Gasteiger partial charge in [-0.1, -0.05) is 58.5 Å². The molecule has 6 nitrogen and oxygen atoms in total. The van der Waals surface area contributed by atoms with E-state index in [1.807, 2.05) is 6.07 Å². The average Bonchev–Trinajstić information content (AvgIpc) is 3.13. The summed E-state index contributed by atoms with van der Waals surface area (Å²) in [6.07, 6.45) is 9.02. The number of aromatic nitrogens is 1. The van der Waals surface area contributed by atoms with Crippen LogP contribution >= 0.6 is 0 Å². The van der Waals surface area contributed by atoms with Crippen molar-refractivity contribution < 1.29 is 18.8 Å². The number of rotatable bonds is 13. The number of hydrogen-bond acceptors (Lipinski definition) is 5. The maximum atomic E-state index is 12.1. The molecule has 1 saturated carbocycles. The van der Waals surface area contributed by atoms with E-state index in [-0.39, 0.29) is 29.9 Å². The standard InChI is InChI=1S/C23H38N2O4/c1-5-7-9-11-21(26)24-20-14-17(23(20,3)4)13-18-15-19(29-25-18)16-28-22(27)12-10-8-6-2/h15,17,20H,5-14,16H2,1-4H3,(H,24,26). The van der Waals surface area contributed by atoms with Crippen molar-refractivity contribution in [3.8, 4) is 0 Å². The van der Waals surface area contributed by atoms with Gasteiger partial charge in [0.15, 0.2) is 12.4 Å². The molecule has 2 atom stereocenters. The number of ether oxygens (including phenoxy) is 1. The Hall–Kier alpha value is -1.85. The first-order valence-electron chi connectivity index (χ1n) is 11.3. The van der Waals surface area contributed by atoms with Gasteiger partial charge in [0.1, 0.15) is 0 Å². The molecule has 6 heteroatoms. The number of nitrogens with one attached hydrogen (secondary N) is 1. The van der Waals surface area contributed by atoms with E-state index in [0.29, 0.717) is 24.5 Å². The first-order chi connectivity index (χ1) is 13.9. The second kappa shape index (κ2) is 11.4. The summed E-state index contributed by atoms with van der Waals surface area (Å²) in [6, 6.07) is 2.10. The van der Waals surface area contributed by atoms with Crippen LogP contribution in [0.25, 0.3) is 0 Å². The zero-order valence-corrected chi connectivity index (χ0v) is 18.6. The van der Waals surface area contributed by atoms with Crippen LogP contribution in [0.3, 0.4) is 0 Å². The van der Waals surface area contributed by atoms with E-state index in [9.17, 15) is 9.59 Å². The SMILES string of the molecule is CCCCCC(=O)NC1CC(Cc2cc(COC(=O)CCCCC)on2)C1(C)C. The highest BCUT2D eigenvalue weighted by Crippen LogP contribution is 2.47. The van der Waals surface area contributed by atoms with E-state index >= 15 is 0 Å². The second-order valence-corrected chi connectivity index (χ2v) is 8.94. The van der Waals surface area contributed by atoms with Gasteiger partial charge in [-0.2, -0.15) is 0 Å². The molecule has 1 amide bonds. The predicted molar refractivity (Wildman–Crippen MR) is 112 cm³/mol. The minimum absolute atomic E-state index is 0.0330. The Morgan fingerprint density at radius 2 is 1.86 bits per heavy atom. The lowest BCUT2D eigenvalue weighted by molar-refractivity contribution is -0.145. The first-order valence-corrected chi connectivity index (χ1v) is 11.3. The average molecular weight is 407 g/mol. The number of esters is 1. The summed E-state index contributed by atoms with van der Waals surface area (Å²) < 4.78 is 10.6. The molecular weight excluding hydrogens is 368 g/mol. The van der Waals surface area contributed by atoms with Crippen LogP contribution in [0.15, 0.2) is 10.6 Å². The lowest BCUT2D eigenvalue weighted by Crippen LogP contribution is -2.58. The Morgan fingerprint density at radius 3 is 2.52 bits per heavy atom. The Kier molecular flexibility index (Phi) is 9.18. The Bertz CT molecular complexity index is 653. The summed E-state index contributed by atoms with van der Waals surface area (Å²) in [5, 5.41) is 7.34. The Balaban J connectivity index is 1.73. The fourth-order valence-electron chi connectivity index (χ4n) is 3.92. The van der Waals surface area contributed by atoms with Crippen LogP contribution in [0.4, 0.5) is 0 Å². The number of carbonyl (C=O) groups is 2. The molecule has 1 aliphatic rings. The summed E-state index contributed by atoms with van der Waals surface area (Å²) in [7, 11) is 0. The van der Waals surface area contributed by atoms with Gasteiger partial charge >= 0.3 is 5.97 Å². The van der Waals surface area contributed by atoms with Crippen molar-refractivity contribution in [1.29, 1.82) is 0 Å². The van der Waals surface area contributed by atoms with Gasteiger partial charge in [0.25, 0.3) is 0 Å². The Labute approximate surface area is 175 Å². The molecule has 1 heterocycles. The predicted octanol–water partition coefficient (Wildman–Crippen LogP) is 4.95. The fourth-order valence-corrected chi connectivity index (χ4v) is 3.92. The molecule has 164 valence electrons. The zero-order valence-electron chi connectivity index (χ0n) is 18.6. The third-order valence-corrected chi connectivity index (χ3v) is 6.24. The lowest BCUT2D eigenvalue weighted by atomic mass is 9.57. The van der Waals surface area contributed by atoms with Crippen molar-refractivity contribution in [1.82, 2.24) is 10.5 Å². The molecule has 1 aromatic heterocycles. The molecule has 29 heavy (non-hydrogen) atoms. The molecular formula is C23H38N2O4. The molecule has 0 radical (unpaired) electrons. The van der Waals surface area contributed by atoms with Crippen molar-refractivity contribution in [2.24, 2.45) is 11.3 Å². The van der Waals surface area contributed by atoms with E-state index in [1.54, 1.807) is 0 Å². The number of unbranched alkanes of at least 4 members (excludes halogenated alkanes) is 4. The van der Waals surface area contributed by atoms with Gasteiger partial charge < -0.3 is 14.6 Å². The maximum Gasteiger partial charge on any atom is 0.306 e. The van der Waals surface area contributed by atoms with E-state index in [2.05, 4.69) is 38.2 Å². The minimum atomic E-state index is -0.186. The summed E-state index contributed by atoms with van der Waals surface area (Å²) >= 11 is 0. The smallest absolute Gasteiger partial charge is 0.306 e. The van der Waals surface area contributed by atoms with Crippen LogP contribution in [0, 0.1) is 11.3 Å². The number of hydrogen-bond donors (Lipinski definition) is 1. The highest BCUT2D eigenvalue weighted by Gasteiger charge is 2.48.